The van der Waals surface area contributed by atoms with Crippen molar-refractivity contribution in [3.05, 3.63) is 12.7 Å². The number of nitrogens with one attached hydrogen (secondary N) is 2. The Kier molecular flexibility index (Phi) is 6.42. The van der Waals surface area contributed by atoms with Crippen LogP contribution >= 0.6 is 12.2 Å². The number of hydrogen-bond acceptors (Lipinski definition) is 2. The average Bonchev–Trinajstić information content (AvgIpc) is 2.29. The monoisotopic (exact) mass is 241 g/mol. The third kappa shape index (κ3) is 4.94. The van der Waals surface area contributed by atoms with Crippen LogP contribution in [-0.4, -0.2) is 42.2 Å². The Bertz CT molecular complexity index is 222. The van der Waals surface area contributed by atoms with Gasteiger partial charge in [0, 0.05) is 25.7 Å². The molecule has 1 heterocycles. The van der Waals surface area contributed by atoms with Gasteiger partial charge in [-0.1, -0.05) is 13.0 Å². The highest BCUT2D eigenvalue weighted by atomic mass is 32.1. The molecular formula is C12H23N3S. The molecule has 0 saturated carbocycles. The van der Waals surface area contributed by atoms with Gasteiger partial charge in [0.05, 0.1) is 0 Å². The van der Waals surface area contributed by atoms with Crippen LogP contribution in [0.1, 0.15) is 26.2 Å². The third-order valence-electron chi connectivity index (χ3n) is 2.87. The second kappa shape index (κ2) is 7.63. The first-order valence-corrected chi connectivity index (χ1v) is 6.54. The zero-order valence-corrected chi connectivity index (χ0v) is 11.0. The minimum Gasteiger partial charge on any atom is -0.360 e. The van der Waals surface area contributed by atoms with Crippen molar-refractivity contribution in [3.63, 3.8) is 0 Å². The highest BCUT2D eigenvalue weighted by molar-refractivity contribution is 7.80. The molecule has 1 aliphatic rings. The second-order valence-corrected chi connectivity index (χ2v) is 4.67. The standard InChI is InChI=1S/C12H23N3S/c1-3-7-13-12(16)14-11-5-9-15(8-4-2)10-6-11/h3,11H,1,4-10H2,2H3,(H2,13,14,16). The van der Waals surface area contributed by atoms with Crippen LogP contribution in [0.3, 0.4) is 0 Å². The summed E-state index contributed by atoms with van der Waals surface area (Å²) in [4.78, 5) is 2.53. The van der Waals surface area contributed by atoms with E-state index in [-0.39, 0.29) is 0 Å². The predicted octanol–water partition coefficient (Wildman–Crippen LogP) is 1.51. The lowest BCUT2D eigenvalue weighted by Gasteiger charge is -2.32. The fourth-order valence-electron chi connectivity index (χ4n) is 2.02. The van der Waals surface area contributed by atoms with Crippen LogP contribution in [0, 0.1) is 0 Å². The van der Waals surface area contributed by atoms with Crippen LogP contribution in [-0.2, 0) is 0 Å². The van der Waals surface area contributed by atoms with Crippen molar-refractivity contribution in [2.75, 3.05) is 26.2 Å². The third-order valence-corrected chi connectivity index (χ3v) is 3.13. The summed E-state index contributed by atoms with van der Waals surface area (Å²) in [6.45, 7) is 10.2. The summed E-state index contributed by atoms with van der Waals surface area (Å²) in [5.41, 5.74) is 0. The Hall–Kier alpha value is -0.610. The number of piperidine rings is 1. The average molecular weight is 241 g/mol. The Labute approximate surface area is 104 Å². The van der Waals surface area contributed by atoms with Crippen LogP contribution in [0.15, 0.2) is 12.7 Å². The molecule has 0 aromatic carbocycles. The zero-order valence-electron chi connectivity index (χ0n) is 10.2. The van der Waals surface area contributed by atoms with Crippen molar-refractivity contribution in [1.29, 1.82) is 0 Å². The molecule has 1 aliphatic heterocycles. The van der Waals surface area contributed by atoms with Crippen molar-refractivity contribution >= 4 is 17.3 Å². The van der Waals surface area contributed by atoms with Gasteiger partial charge in [0.25, 0.3) is 0 Å². The van der Waals surface area contributed by atoms with E-state index in [0.29, 0.717) is 6.04 Å². The summed E-state index contributed by atoms with van der Waals surface area (Å²) in [5, 5.41) is 7.23. The van der Waals surface area contributed by atoms with Gasteiger partial charge in [-0.05, 0) is 38.0 Å². The van der Waals surface area contributed by atoms with Crippen LogP contribution in [0.2, 0.25) is 0 Å². The molecule has 3 nitrogen and oxygen atoms in total. The van der Waals surface area contributed by atoms with Crippen LogP contribution in [0.4, 0.5) is 0 Å². The largest absolute Gasteiger partial charge is 0.360 e. The van der Waals surface area contributed by atoms with Gasteiger partial charge >= 0.3 is 0 Å². The molecule has 0 aromatic heterocycles. The number of thiocarbonyl (C=S) groups is 1. The molecule has 1 fully saturated rings. The highest BCUT2D eigenvalue weighted by Crippen LogP contribution is 2.10. The van der Waals surface area contributed by atoms with E-state index in [0.717, 1.165) is 11.7 Å². The lowest BCUT2D eigenvalue weighted by atomic mass is 10.1. The lowest BCUT2D eigenvalue weighted by Crippen LogP contribution is -2.47. The second-order valence-electron chi connectivity index (χ2n) is 4.26. The number of nitrogens with zero attached hydrogens (tertiary/aromatic N) is 1. The van der Waals surface area contributed by atoms with Crippen LogP contribution in [0.25, 0.3) is 0 Å². The van der Waals surface area contributed by atoms with Crippen molar-refractivity contribution in [1.82, 2.24) is 15.5 Å². The molecule has 2 N–H and O–H groups in total. The van der Waals surface area contributed by atoms with Gasteiger partial charge in [0.15, 0.2) is 5.11 Å². The first-order valence-electron chi connectivity index (χ1n) is 6.14. The van der Waals surface area contributed by atoms with E-state index in [2.05, 4.69) is 29.0 Å². The number of likely N-dealkylation sites (tertiary alicyclic amines) is 1. The predicted molar refractivity (Wildman–Crippen MR) is 73.7 cm³/mol. The molecule has 0 radical (unpaired) electrons. The summed E-state index contributed by atoms with van der Waals surface area (Å²) in [6, 6.07) is 0.540. The SMILES string of the molecule is C=CCNC(=S)NC1CCN(CCC)CC1. The Morgan fingerprint density at radius 3 is 2.75 bits per heavy atom. The minimum atomic E-state index is 0.540. The minimum absolute atomic E-state index is 0.540. The Morgan fingerprint density at radius 2 is 2.19 bits per heavy atom. The normalized spacial score (nSPS) is 18.1. The lowest BCUT2D eigenvalue weighted by molar-refractivity contribution is 0.206. The quantitative estimate of drug-likeness (QED) is 0.564. The molecule has 0 spiro atoms. The maximum absolute atomic E-state index is 5.20. The molecular weight excluding hydrogens is 218 g/mol. The molecule has 0 amide bonds. The van der Waals surface area contributed by atoms with Crippen molar-refractivity contribution in [2.45, 2.75) is 32.2 Å². The van der Waals surface area contributed by atoms with E-state index in [1.54, 1.807) is 0 Å². The van der Waals surface area contributed by atoms with Crippen LogP contribution < -0.4 is 10.6 Å². The van der Waals surface area contributed by atoms with Gasteiger partial charge in [-0.3, -0.25) is 0 Å². The topological polar surface area (TPSA) is 27.3 Å². The molecule has 92 valence electrons. The molecule has 0 aromatic rings. The van der Waals surface area contributed by atoms with Gasteiger partial charge in [0.1, 0.15) is 0 Å². The first kappa shape index (κ1) is 13.5. The molecule has 4 heteroatoms. The van der Waals surface area contributed by atoms with Gasteiger partial charge in [-0.2, -0.15) is 0 Å². The first-order chi connectivity index (χ1) is 7.76. The maximum atomic E-state index is 5.20. The summed E-state index contributed by atoms with van der Waals surface area (Å²) < 4.78 is 0. The van der Waals surface area contributed by atoms with E-state index in [4.69, 9.17) is 12.2 Å². The van der Waals surface area contributed by atoms with Gasteiger partial charge in [-0.25, -0.2) is 0 Å². The van der Waals surface area contributed by atoms with E-state index in [1.165, 1.54) is 38.9 Å². The molecule has 0 unspecified atom stereocenters. The van der Waals surface area contributed by atoms with E-state index >= 15 is 0 Å². The number of rotatable bonds is 5. The smallest absolute Gasteiger partial charge is 0.166 e. The zero-order chi connectivity index (χ0) is 11.8. The molecule has 1 saturated heterocycles. The Morgan fingerprint density at radius 1 is 1.50 bits per heavy atom. The van der Waals surface area contributed by atoms with E-state index < -0.39 is 0 Å². The molecule has 0 atom stereocenters. The van der Waals surface area contributed by atoms with Crippen molar-refractivity contribution in [2.24, 2.45) is 0 Å². The summed E-state index contributed by atoms with van der Waals surface area (Å²) in [5.74, 6) is 0. The molecule has 16 heavy (non-hydrogen) atoms. The fourth-order valence-corrected chi connectivity index (χ4v) is 2.27. The molecule has 0 bridgehead atoms. The fraction of sp³-hybridized carbons (Fsp3) is 0.750. The highest BCUT2D eigenvalue weighted by Gasteiger charge is 2.18. The van der Waals surface area contributed by atoms with Crippen molar-refractivity contribution < 1.29 is 0 Å². The summed E-state index contributed by atoms with van der Waals surface area (Å²) in [7, 11) is 0. The van der Waals surface area contributed by atoms with E-state index in [1.807, 2.05) is 6.08 Å². The van der Waals surface area contributed by atoms with Gasteiger partial charge < -0.3 is 15.5 Å². The molecule has 1 rings (SSSR count). The molecule has 0 aliphatic carbocycles. The van der Waals surface area contributed by atoms with Crippen molar-refractivity contribution in [3.8, 4) is 0 Å². The number of hydrogen-bond donors (Lipinski definition) is 2. The van der Waals surface area contributed by atoms with Crippen LogP contribution in [0.5, 0.6) is 0 Å². The van der Waals surface area contributed by atoms with E-state index in [9.17, 15) is 0 Å². The Balaban J connectivity index is 2.16. The summed E-state index contributed by atoms with van der Waals surface area (Å²) in [6.07, 6.45) is 5.45. The maximum Gasteiger partial charge on any atom is 0.166 e. The van der Waals surface area contributed by atoms with Gasteiger partial charge in [0.2, 0.25) is 0 Å². The summed E-state index contributed by atoms with van der Waals surface area (Å²) >= 11 is 5.20. The van der Waals surface area contributed by atoms with Gasteiger partial charge in [-0.15, -0.1) is 6.58 Å².